The zero-order chi connectivity index (χ0) is 20.1. The molecule has 2 N–H and O–H groups in total. The zero-order valence-corrected chi connectivity index (χ0v) is 17.6. The number of rotatable bonds is 9. The summed E-state index contributed by atoms with van der Waals surface area (Å²) in [6.45, 7) is 10.3. The van der Waals surface area contributed by atoms with Crippen molar-refractivity contribution in [3.63, 3.8) is 0 Å². The average Bonchev–Trinajstić information content (AvgIpc) is 2.99. The topological polar surface area (TPSA) is 84.6 Å². The van der Waals surface area contributed by atoms with E-state index in [1.165, 1.54) is 25.9 Å². The van der Waals surface area contributed by atoms with Crippen molar-refractivity contribution in [2.24, 2.45) is 5.92 Å². The van der Waals surface area contributed by atoms with Crippen molar-refractivity contribution in [2.75, 3.05) is 36.9 Å². The number of nitrogens with two attached hydrogens (primary N) is 1. The van der Waals surface area contributed by atoms with Crippen molar-refractivity contribution in [2.45, 2.75) is 71.8 Å². The Morgan fingerprint density at radius 1 is 1.29 bits per heavy atom. The van der Waals surface area contributed by atoms with Gasteiger partial charge in [-0.2, -0.15) is 9.97 Å². The van der Waals surface area contributed by atoms with E-state index in [-0.39, 0.29) is 11.9 Å². The van der Waals surface area contributed by atoms with Crippen LogP contribution in [0.4, 0.5) is 11.6 Å². The lowest BCUT2D eigenvalue weighted by Gasteiger charge is -2.35. The quantitative estimate of drug-likeness (QED) is 0.654. The molecular formula is C21H35N5O2. The lowest BCUT2D eigenvalue weighted by molar-refractivity contribution is -0.117. The van der Waals surface area contributed by atoms with Gasteiger partial charge in [-0.25, -0.2) is 0 Å². The number of nitrogens with zero attached hydrogens (tertiary/aromatic N) is 4. The smallest absolute Gasteiger partial charge is 0.320 e. The van der Waals surface area contributed by atoms with Crippen LogP contribution >= 0.6 is 0 Å². The number of carbonyl (C=O) groups is 1. The number of nitrogen functional groups attached to an aromatic ring is 1. The van der Waals surface area contributed by atoms with Crippen molar-refractivity contribution >= 4 is 17.5 Å². The number of fused-ring (bicyclic) bond motifs is 1. The molecule has 1 aromatic rings. The van der Waals surface area contributed by atoms with Crippen LogP contribution in [0.1, 0.15) is 64.9 Å². The van der Waals surface area contributed by atoms with Crippen LogP contribution < -0.4 is 15.4 Å². The number of ether oxygens (including phenoxy) is 1. The van der Waals surface area contributed by atoms with Gasteiger partial charge in [0.15, 0.2) is 0 Å². The van der Waals surface area contributed by atoms with Crippen molar-refractivity contribution in [1.82, 2.24) is 14.9 Å². The predicted octanol–water partition coefficient (Wildman–Crippen LogP) is 3.03. The first-order chi connectivity index (χ1) is 13.5. The third kappa shape index (κ3) is 4.93. The minimum atomic E-state index is 0.0640. The first-order valence-electron chi connectivity index (χ1n) is 10.8. The number of hydrogen-bond acceptors (Lipinski definition) is 6. The van der Waals surface area contributed by atoms with E-state index >= 15 is 0 Å². The summed E-state index contributed by atoms with van der Waals surface area (Å²) >= 11 is 0. The molecule has 156 valence electrons. The fourth-order valence-corrected chi connectivity index (χ4v) is 4.17. The van der Waals surface area contributed by atoms with E-state index < -0.39 is 0 Å². The number of aromatic nitrogens is 2. The Labute approximate surface area is 168 Å². The summed E-state index contributed by atoms with van der Waals surface area (Å²) < 4.78 is 5.62. The second kappa shape index (κ2) is 9.54. The normalized spacial score (nSPS) is 20.1. The number of piperidine rings is 1. The molecule has 1 unspecified atom stereocenters. The maximum absolute atomic E-state index is 12.5. The van der Waals surface area contributed by atoms with Crippen LogP contribution in [0.25, 0.3) is 0 Å². The van der Waals surface area contributed by atoms with E-state index in [2.05, 4.69) is 35.6 Å². The van der Waals surface area contributed by atoms with Gasteiger partial charge >= 0.3 is 6.01 Å². The molecule has 3 heterocycles. The fraction of sp³-hybridized carbons (Fsp3) is 0.762. The highest BCUT2D eigenvalue weighted by Gasteiger charge is 2.32. The van der Waals surface area contributed by atoms with Crippen LogP contribution in [-0.4, -0.2) is 53.1 Å². The lowest BCUT2D eigenvalue weighted by atomic mass is 9.92. The third-order valence-corrected chi connectivity index (χ3v) is 5.89. The predicted molar refractivity (Wildman–Crippen MR) is 112 cm³/mol. The van der Waals surface area contributed by atoms with Gasteiger partial charge in [0.1, 0.15) is 11.6 Å². The molecule has 0 spiro atoms. The fourth-order valence-electron chi connectivity index (χ4n) is 4.17. The van der Waals surface area contributed by atoms with Gasteiger partial charge in [0.05, 0.1) is 13.0 Å². The minimum absolute atomic E-state index is 0.0640. The summed E-state index contributed by atoms with van der Waals surface area (Å²) in [4.78, 5) is 25.6. The van der Waals surface area contributed by atoms with Gasteiger partial charge in [-0.05, 0) is 58.4 Å². The second-order valence-electron chi connectivity index (χ2n) is 8.36. The van der Waals surface area contributed by atoms with Gasteiger partial charge in [0.25, 0.3) is 0 Å². The van der Waals surface area contributed by atoms with Crippen LogP contribution in [0, 0.1) is 5.92 Å². The highest BCUT2D eigenvalue weighted by Crippen LogP contribution is 2.32. The molecule has 1 saturated heterocycles. The number of likely N-dealkylation sites (tertiary alicyclic amines) is 1. The Hall–Kier alpha value is -1.89. The highest BCUT2D eigenvalue weighted by atomic mass is 16.5. The Morgan fingerprint density at radius 2 is 2.11 bits per heavy atom. The summed E-state index contributed by atoms with van der Waals surface area (Å²) in [7, 11) is 0. The Balaban J connectivity index is 1.59. The third-order valence-electron chi connectivity index (χ3n) is 5.89. The van der Waals surface area contributed by atoms with Crippen molar-refractivity contribution in [1.29, 1.82) is 0 Å². The van der Waals surface area contributed by atoms with Gasteiger partial charge in [0.2, 0.25) is 5.91 Å². The van der Waals surface area contributed by atoms with Crippen molar-refractivity contribution in [3.8, 4) is 6.01 Å². The molecule has 7 nitrogen and oxygen atoms in total. The van der Waals surface area contributed by atoms with E-state index in [1.54, 1.807) is 4.90 Å². The number of hydrogen-bond donors (Lipinski definition) is 1. The molecule has 0 radical (unpaired) electrons. The van der Waals surface area contributed by atoms with Crippen molar-refractivity contribution in [3.05, 3.63) is 5.56 Å². The van der Waals surface area contributed by atoms with Gasteiger partial charge < -0.3 is 15.4 Å². The molecule has 3 rings (SSSR count). The maximum atomic E-state index is 12.5. The summed E-state index contributed by atoms with van der Waals surface area (Å²) in [5.74, 6) is 1.80. The van der Waals surface area contributed by atoms with Gasteiger partial charge in [0, 0.05) is 24.7 Å². The Kier molecular flexibility index (Phi) is 7.10. The standard InChI is InChI=1S/C21H35N5O2/c1-4-5-12-28-21-23-19(22)17-13-18(27)26(20(17)24-21)11-7-9-16-8-6-10-25(14-16)15(2)3/h15-16H,4-14H2,1-3H3,(H2,22,23,24). The minimum Gasteiger partial charge on any atom is -0.463 e. The molecule has 2 aliphatic rings. The molecule has 0 aliphatic carbocycles. The summed E-state index contributed by atoms with van der Waals surface area (Å²) in [5, 5.41) is 0. The monoisotopic (exact) mass is 389 g/mol. The van der Waals surface area contributed by atoms with Crippen LogP contribution in [0.2, 0.25) is 0 Å². The molecule has 1 amide bonds. The molecule has 0 aromatic carbocycles. The second-order valence-corrected chi connectivity index (χ2v) is 8.36. The number of unbranched alkanes of at least 4 members (excludes halogenated alkanes) is 1. The first kappa shape index (κ1) is 20.8. The molecule has 0 bridgehead atoms. The summed E-state index contributed by atoms with van der Waals surface area (Å²) in [6, 6.07) is 0.893. The largest absolute Gasteiger partial charge is 0.463 e. The summed E-state index contributed by atoms with van der Waals surface area (Å²) in [5.41, 5.74) is 6.82. The molecule has 2 aliphatic heterocycles. The molecular weight excluding hydrogens is 354 g/mol. The number of carbonyl (C=O) groups excluding carboxylic acids is 1. The highest BCUT2D eigenvalue weighted by molar-refractivity contribution is 6.01. The van der Waals surface area contributed by atoms with E-state index in [0.29, 0.717) is 37.3 Å². The van der Waals surface area contributed by atoms with E-state index in [1.807, 2.05) is 0 Å². The van der Waals surface area contributed by atoms with Gasteiger partial charge in [-0.3, -0.25) is 9.69 Å². The van der Waals surface area contributed by atoms with Crippen LogP contribution in [0.3, 0.4) is 0 Å². The molecule has 1 atom stereocenters. The zero-order valence-electron chi connectivity index (χ0n) is 17.6. The van der Waals surface area contributed by atoms with Gasteiger partial charge in [-0.1, -0.05) is 13.3 Å². The van der Waals surface area contributed by atoms with Crippen LogP contribution in [0.5, 0.6) is 6.01 Å². The molecule has 28 heavy (non-hydrogen) atoms. The molecule has 7 heteroatoms. The molecule has 1 fully saturated rings. The Morgan fingerprint density at radius 3 is 2.86 bits per heavy atom. The van der Waals surface area contributed by atoms with Crippen molar-refractivity contribution < 1.29 is 9.53 Å². The van der Waals surface area contributed by atoms with E-state index in [0.717, 1.165) is 37.2 Å². The summed E-state index contributed by atoms with van der Waals surface area (Å²) in [6.07, 6.45) is 6.97. The molecule has 0 saturated carbocycles. The number of amides is 1. The maximum Gasteiger partial charge on any atom is 0.320 e. The Bertz CT molecular complexity index is 679. The van der Waals surface area contributed by atoms with Gasteiger partial charge in [-0.15, -0.1) is 0 Å². The van der Waals surface area contributed by atoms with Crippen LogP contribution in [0.15, 0.2) is 0 Å². The van der Waals surface area contributed by atoms with E-state index in [9.17, 15) is 4.79 Å². The SMILES string of the molecule is CCCCOc1nc(N)c2c(n1)N(CCCC1CCCN(C(C)C)C1)C(=O)C2. The average molecular weight is 390 g/mol. The van der Waals surface area contributed by atoms with Crippen LogP contribution in [-0.2, 0) is 11.2 Å². The number of anilines is 2. The lowest BCUT2D eigenvalue weighted by Crippen LogP contribution is -2.40. The first-order valence-corrected chi connectivity index (χ1v) is 10.8. The molecule has 1 aromatic heterocycles. The van der Waals surface area contributed by atoms with E-state index in [4.69, 9.17) is 10.5 Å².